The van der Waals surface area contributed by atoms with Crippen LogP contribution in [0.1, 0.15) is 42.6 Å². The monoisotopic (exact) mass is 246 g/mol. The first-order chi connectivity index (χ1) is 8.84. The third-order valence-electron chi connectivity index (χ3n) is 4.02. The lowest BCUT2D eigenvalue weighted by Crippen LogP contribution is -2.30. The van der Waals surface area contributed by atoms with Crippen LogP contribution >= 0.6 is 0 Å². The highest BCUT2D eigenvalue weighted by molar-refractivity contribution is 5.38. The van der Waals surface area contributed by atoms with Crippen LogP contribution in [0.4, 0.5) is 5.95 Å². The second-order valence-electron chi connectivity index (χ2n) is 5.36. The van der Waals surface area contributed by atoms with Gasteiger partial charge >= 0.3 is 0 Å². The van der Waals surface area contributed by atoms with Gasteiger partial charge in [-0.2, -0.15) is 0 Å². The van der Waals surface area contributed by atoms with Crippen LogP contribution in [-0.2, 0) is 13.0 Å². The van der Waals surface area contributed by atoms with Gasteiger partial charge in [0.2, 0.25) is 5.95 Å². The van der Waals surface area contributed by atoms with E-state index < -0.39 is 0 Å². The summed E-state index contributed by atoms with van der Waals surface area (Å²) in [5.74, 6) is 0.955. The Labute approximate surface area is 109 Å². The van der Waals surface area contributed by atoms with Gasteiger partial charge in [0.15, 0.2) is 0 Å². The second-order valence-corrected chi connectivity index (χ2v) is 5.36. The molecule has 18 heavy (non-hydrogen) atoms. The molecule has 0 atom stereocenters. The molecule has 0 saturated carbocycles. The number of hydrogen-bond acceptors (Lipinski definition) is 4. The van der Waals surface area contributed by atoms with Gasteiger partial charge in [0.25, 0.3) is 0 Å². The summed E-state index contributed by atoms with van der Waals surface area (Å²) in [6.07, 6.45) is 6.32. The van der Waals surface area contributed by atoms with Gasteiger partial charge in [0.1, 0.15) is 0 Å². The van der Waals surface area contributed by atoms with E-state index in [0.717, 1.165) is 38.5 Å². The Morgan fingerprint density at radius 2 is 1.83 bits per heavy atom. The van der Waals surface area contributed by atoms with E-state index in [1.165, 1.54) is 42.6 Å². The Hall–Kier alpha value is -1.16. The lowest BCUT2D eigenvalue weighted by Gasteiger charge is -2.24. The largest absolute Gasteiger partial charge is 0.341 e. The third-order valence-corrected chi connectivity index (χ3v) is 4.02. The summed E-state index contributed by atoms with van der Waals surface area (Å²) in [7, 11) is 0. The van der Waals surface area contributed by atoms with E-state index in [2.05, 4.69) is 17.1 Å². The van der Waals surface area contributed by atoms with Gasteiger partial charge in [-0.15, -0.1) is 0 Å². The first kappa shape index (κ1) is 11.9. The van der Waals surface area contributed by atoms with Crippen molar-refractivity contribution >= 4 is 5.95 Å². The van der Waals surface area contributed by atoms with Crippen molar-refractivity contribution < 1.29 is 0 Å². The maximum atomic E-state index is 4.79. The Morgan fingerprint density at radius 1 is 1.06 bits per heavy atom. The van der Waals surface area contributed by atoms with Crippen LogP contribution in [0.2, 0.25) is 0 Å². The molecule has 2 aliphatic rings. The topological polar surface area (TPSA) is 41.1 Å². The molecule has 3 heterocycles. The molecule has 98 valence electrons. The quantitative estimate of drug-likeness (QED) is 0.820. The molecule has 1 N–H and O–H groups in total. The molecule has 4 nitrogen and oxygen atoms in total. The number of aryl methyl sites for hydroxylation is 1. The Kier molecular flexibility index (Phi) is 3.46. The number of hydrogen-bond donors (Lipinski definition) is 1. The lowest BCUT2D eigenvalue weighted by molar-refractivity contribution is 0.614. The van der Waals surface area contributed by atoms with E-state index >= 15 is 0 Å². The van der Waals surface area contributed by atoms with Gasteiger partial charge in [-0.1, -0.05) is 12.8 Å². The molecular formula is C14H22N4. The molecule has 1 aromatic rings. The SMILES string of the molecule is Cc1nc(N2CCCCCC2)nc2c1CCNC2. The van der Waals surface area contributed by atoms with Crippen LogP contribution in [0.25, 0.3) is 0 Å². The zero-order valence-corrected chi connectivity index (χ0v) is 11.2. The molecule has 4 heteroatoms. The summed E-state index contributed by atoms with van der Waals surface area (Å²) in [5.41, 5.74) is 3.76. The number of nitrogens with one attached hydrogen (secondary N) is 1. The van der Waals surface area contributed by atoms with Crippen molar-refractivity contribution in [2.75, 3.05) is 24.5 Å². The van der Waals surface area contributed by atoms with Crippen molar-refractivity contribution in [2.24, 2.45) is 0 Å². The number of aromatic nitrogens is 2. The summed E-state index contributed by atoms with van der Waals surface area (Å²) in [5, 5.41) is 3.40. The summed E-state index contributed by atoms with van der Waals surface area (Å²) >= 11 is 0. The lowest BCUT2D eigenvalue weighted by atomic mass is 10.1. The molecule has 0 unspecified atom stereocenters. The average Bonchev–Trinajstić information content (AvgIpc) is 2.67. The molecule has 1 aromatic heterocycles. The van der Waals surface area contributed by atoms with E-state index in [9.17, 15) is 0 Å². The van der Waals surface area contributed by atoms with E-state index in [1.54, 1.807) is 0 Å². The molecule has 0 aromatic carbocycles. The van der Waals surface area contributed by atoms with Crippen LogP contribution in [0.15, 0.2) is 0 Å². The first-order valence-corrected chi connectivity index (χ1v) is 7.16. The molecule has 2 aliphatic heterocycles. The molecule has 0 amide bonds. The second kappa shape index (κ2) is 5.22. The van der Waals surface area contributed by atoms with Crippen LogP contribution in [-0.4, -0.2) is 29.6 Å². The Morgan fingerprint density at radius 3 is 2.61 bits per heavy atom. The van der Waals surface area contributed by atoms with Gasteiger partial charge in [0.05, 0.1) is 5.69 Å². The molecule has 0 spiro atoms. The minimum absolute atomic E-state index is 0.902. The van der Waals surface area contributed by atoms with Gasteiger partial charge in [-0.3, -0.25) is 0 Å². The van der Waals surface area contributed by atoms with Crippen molar-refractivity contribution in [1.29, 1.82) is 0 Å². The standard InChI is InChI=1S/C14H22N4/c1-11-12-6-7-15-10-13(12)17-14(16-11)18-8-4-2-3-5-9-18/h15H,2-10H2,1H3. The Balaban J connectivity index is 1.89. The fourth-order valence-corrected chi connectivity index (χ4v) is 2.94. The predicted molar refractivity (Wildman–Crippen MR) is 72.9 cm³/mol. The minimum Gasteiger partial charge on any atom is -0.341 e. The summed E-state index contributed by atoms with van der Waals surface area (Å²) < 4.78 is 0. The van der Waals surface area contributed by atoms with Gasteiger partial charge in [0, 0.05) is 25.3 Å². The zero-order valence-electron chi connectivity index (χ0n) is 11.2. The highest BCUT2D eigenvalue weighted by Crippen LogP contribution is 2.21. The van der Waals surface area contributed by atoms with Crippen LogP contribution in [0.5, 0.6) is 0 Å². The Bertz CT molecular complexity index is 422. The van der Waals surface area contributed by atoms with Crippen molar-refractivity contribution in [3.8, 4) is 0 Å². The zero-order chi connectivity index (χ0) is 12.4. The maximum absolute atomic E-state index is 4.79. The minimum atomic E-state index is 0.902. The van der Waals surface area contributed by atoms with Crippen molar-refractivity contribution in [3.05, 3.63) is 17.0 Å². The first-order valence-electron chi connectivity index (χ1n) is 7.16. The number of fused-ring (bicyclic) bond motifs is 1. The summed E-state index contributed by atoms with van der Waals surface area (Å²) in [6, 6.07) is 0. The summed E-state index contributed by atoms with van der Waals surface area (Å²) in [6.45, 7) is 6.32. The van der Waals surface area contributed by atoms with Crippen molar-refractivity contribution in [2.45, 2.75) is 45.6 Å². The molecule has 3 rings (SSSR count). The fraction of sp³-hybridized carbons (Fsp3) is 0.714. The van der Waals surface area contributed by atoms with Gasteiger partial charge in [-0.25, -0.2) is 9.97 Å². The highest BCUT2D eigenvalue weighted by atomic mass is 15.3. The van der Waals surface area contributed by atoms with Crippen LogP contribution in [0, 0.1) is 6.92 Å². The molecule has 0 aliphatic carbocycles. The van der Waals surface area contributed by atoms with Crippen LogP contribution in [0.3, 0.4) is 0 Å². The van der Waals surface area contributed by atoms with E-state index in [-0.39, 0.29) is 0 Å². The smallest absolute Gasteiger partial charge is 0.225 e. The molecule has 0 radical (unpaired) electrons. The van der Waals surface area contributed by atoms with E-state index in [0.29, 0.717) is 0 Å². The fourth-order valence-electron chi connectivity index (χ4n) is 2.94. The molecule has 0 bridgehead atoms. The van der Waals surface area contributed by atoms with Crippen LogP contribution < -0.4 is 10.2 Å². The number of anilines is 1. The maximum Gasteiger partial charge on any atom is 0.225 e. The molecule has 1 fully saturated rings. The van der Waals surface area contributed by atoms with Gasteiger partial charge in [-0.05, 0) is 38.3 Å². The normalized spacial score (nSPS) is 20.4. The van der Waals surface area contributed by atoms with E-state index in [4.69, 9.17) is 9.97 Å². The van der Waals surface area contributed by atoms with Crippen molar-refractivity contribution in [1.82, 2.24) is 15.3 Å². The predicted octanol–water partition coefficient (Wildman–Crippen LogP) is 1.81. The number of nitrogens with zero attached hydrogens (tertiary/aromatic N) is 3. The summed E-state index contributed by atoms with van der Waals surface area (Å²) in [4.78, 5) is 11.9. The molecular weight excluding hydrogens is 224 g/mol. The molecule has 1 saturated heterocycles. The highest BCUT2D eigenvalue weighted by Gasteiger charge is 2.18. The van der Waals surface area contributed by atoms with Crippen molar-refractivity contribution in [3.63, 3.8) is 0 Å². The number of rotatable bonds is 1. The van der Waals surface area contributed by atoms with Gasteiger partial charge < -0.3 is 10.2 Å². The third kappa shape index (κ3) is 2.34. The van der Waals surface area contributed by atoms with E-state index in [1.807, 2.05) is 0 Å². The average molecular weight is 246 g/mol.